The SMILES string of the molecule is Nc1c(CNCc2ccccn2)cc(Cl)c2c(Cl)c[nH]c12. The van der Waals surface area contributed by atoms with E-state index in [9.17, 15) is 0 Å². The Balaban J connectivity index is 1.80. The first-order valence-electron chi connectivity index (χ1n) is 6.51. The molecule has 4 nitrogen and oxygen atoms in total. The van der Waals surface area contributed by atoms with Gasteiger partial charge in [-0.1, -0.05) is 29.3 Å². The van der Waals surface area contributed by atoms with Crippen molar-refractivity contribution in [3.8, 4) is 0 Å². The van der Waals surface area contributed by atoms with Crippen LogP contribution in [0.1, 0.15) is 11.3 Å². The summed E-state index contributed by atoms with van der Waals surface area (Å²) in [5, 5.41) is 5.25. The first-order chi connectivity index (χ1) is 10.2. The van der Waals surface area contributed by atoms with E-state index in [1.807, 2.05) is 24.3 Å². The lowest BCUT2D eigenvalue weighted by molar-refractivity contribution is 0.681. The van der Waals surface area contributed by atoms with E-state index in [4.69, 9.17) is 28.9 Å². The molecule has 0 unspecified atom stereocenters. The van der Waals surface area contributed by atoms with Crippen molar-refractivity contribution in [2.24, 2.45) is 0 Å². The summed E-state index contributed by atoms with van der Waals surface area (Å²) in [6, 6.07) is 7.67. The molecule has 0 aliphatic heterocycles. The standard InChI is InChI=1S/C15H14Cl2N4/c16-11-5-9(6-19-7-10-3-1-2-4-20-10)14(18)15-13(11)12(17)8-21-15/h1-5,8,19,21H,6-7,18H2. The first kappa shape index (κ1) is 14.2. The van der Waals surface area contributed by atoms with E-state index in [0.717, 1.165) is 22.2 Å². The number of hydrogen-bond donors (Lipinski definition) is 3. The molecule has 0 aliphatic carbocycles. The normalized spacial score (nSPS) is 11.1. The molecule has 6 heteroatoms. The van der Waals surface area contributed by atoms with E-state index in [-0.39, 0.29) is 0 Å². The molecule has 2 heterocycles. The Morgan fingerprint density at radius 3 is 2.81 bits per heavy atom. The molecular weight excluding hydrogens is 307 g/mol. The minimum absolute atomic E-state index is 0.578. The average molecular weight is 321 g/mol. The third kappa shape index (κ3) is 2.83. The number of rotatable bonds is 4. The predicted molar refractivity (Wildman–Crippen MR) is 87.5 cm³/mol. The monoisotopic (exact) mass is 320 g/mol. The molecule has 21 heavy (non-hydrogen) atoms. The minimum atomic E-state index is 0.578. The fourth-order valence-corrected chi connectivity index (χ4v) is 2.91. The first-order valence-corrected chi connectivity index (χ1v) is 7.26. The lowest BCUT2D eigenvalue weighted by Crippen LogP contribution is -2.14. The van der Waals surface area contributed by atoms with Crippen LogP contribution >= 0.6 is 23.2 Å². The maximum Gasteiger partial charge on any atom is 0.0721 e. The number of nitrogens with zero attached hydrogens (tertiary/aromatic N) is 1. The van der Waals surface area contributed by atoms with Gasteiger partial charge in [0.05, 0.1) is 26.9 Å². The van der Waals surface area contributed by atoms with E-state index in [1.165, 1.54) is 0 Å². The molecule has 0 saturated heterocycles. The number of anilines is 1. The second-order valence-corrected chi connectivity index (χ2v) is 5.56. The van der Waals surface area contributed by atoms with E-state index in [2.05, 4.69) is 15.3 Å². The number of hydrogen-bond acceptors (Lipinski definition) is 3. The van der Waals surface area contributed by atoms with Crippen LogP contribution in [0.25, 0.3) is 10.9 Å². The fourth-order valence-electron chi connectivity index (χ4n) is 2.28. The summed E-state index contributed by atoms with van der Waals surface area (Å²) in [5.74, 6) is 0. The summed E-state index contributed by atoms with van der Waals surface area (Å²) in [6.45, 7) is 1.27. The Morgan fingerprint density at radius 2 is 2.05 bits per heavy atom. The quantitative estimate of drug-likeness (QED) is 0.641. The summed E-state index contributed by atoms with van der Waals surface area (Å²) in [7, 11) is 0. The van der Waals surface area contributed by atoms with Gasteiger partial charge in [0, 0.05) is 30.9 Å². The Kier molecular flexibility index (Phi) is 4.01. The van der Waals surface area contributed by atoms with Gasteiger partial charge in [0.2, 0.25) is 0 Å². The third-order valence-electron chi connectivity index (χ3n) is 3.33. The number of aromatic nitrogens is 2. The van der Waals surface area contributed by atoms with Gasteiger partial charge in [-0.25, -0.2) is 0 Å². The van der Waals surface area contributed by atoms with Crippen molar-refractivity contribution in [2.75, 3.05) is 5.73 Å². The number of fused-ring (bicyclic) bond motifs is 1. The van der Waals surface area contributed by atoms with Crippen LogP contribution in [0.5, 0.6) is 0 Å². The van der Waals surface area contributed by atoms with Crippen LogP contribution in [0.15, 0.2) is 36.7 Å². The lowest BCUT2D eigenvalue weighted by Gasteiger charge is -2.10. The van der Waals surface area contributed by atoms with Crippen LogP contribution in [0.4, 0.5) is 5.69 Å². The van der Waals surface area contributed by atoms with Crippen molar-refractivity contribution in [3.05, 3.63) is 58.0 Å². The molecule has 1 aromatic carbocycles. The highest BCUT2D eigenvalue weighted by Gasteiger charge is 2.13. The molecule has 4 N–H and O–H groups in total. The number of pyridine rings is 1. The smallest absolute Gasteiger partial charge is 0.0721 e. The molecule has 0 bridgehead atoms. The second-order valence-electron chi connectivity index (χ2n) is 4.74. The number of nitrogen functional groups attached to an aromatic ring is 1. The van der Waals surface area contributed by atoms with E-state index >= 15 is 0 Å². The Bertz CT molecular complexity index is 768. The minimum Gasteiger partial charge on any atom is -0.397 e. The highest BCUT2D eigenvalue weighted by molar-refractivity contribution is 6.42. The molecule has 0 fully saturated rings. The molecular formula is C15H14Cl2N4. The zero-order valence-electron chi connectivity index (χ0n) is 11.2. The Hall–Kier alpha value is -1.75. The van der Waals surface area contributed by atoms with Crippen LogP contribution < -0.4 is 11.1 Å². The van der Waals surface area contributed by atoms with Gasteiger partial charge < -0.3 is 16.0 Å². The largest absolute Gasteiger partial charge is 0.397 e. The van der Waals surface area contributed by atoms with E-state index in [1.54, 1.807) is 12.4 Å². The van der Waals surface area contributed by atoms with Crippen molar-refractivity contribution >= 4 is 39.8 Å². The van der Waals surface area contributed by atoms with Crippen LogP contribution in [0.3, 0.4) is 0 Å². The van der Waals surface area contributed by atoms with Crippen molar-refractivity contribution in [2.45, 2.75) is 13.1 Å². The van der Waals surface area contributed by atoms with Crippen molar-refractivity contribution < 1.29 is 0 Å². The third-order valence-corrected chi connectivity index (χ3v) is 3.93. The summed E-state index contributed by atoms with van der Waals surface area (Å²) in [5.41, 5.74) is 9.53. The highest BCUT2D eigenvalue weighted by atomic mass is 35.5. The molecule has 3 aromatic rings. The Morgan fingerprint density at radius 1 is 1.19 bits per heavy atom. The second kappa shape index (κ2) is 5.93. The van der Waals surface area contributed by atoms with Crippen molar-refractivity contribution in [3.63, 3.8) is 0 Å². The maximum absolute atomic E-state index is 6.28. The van der Waals surface area contributed by atoms with Gasteiger partial charge in [0.1, 0.15) is 0 Å². The summed E-state index contributed by atoms with van der Waals surface area (Å²) in [6.07, 6.45) is 3.47. The van der Waals surface area contributed by atoms with Gasteiger partial charge in [-0.3, -0.25) is 4.98 Å². The molecule has 3 rings (SSSR count). The van der Waals surface area contributed by atoms with Crippen molar-refractivity contribution in [1.29, 1.82) is 0 Å². The number of benzene rings is 1. The number of nitrogens with two attached hydrogens (primary N) is 1. The topological polar surface area (TPSA) is 66.7 Å². The molecule has 0 amide bonds. The van der Waals surface area contributed by atoms with Gasteiger partial charge in [-0.2, -0.15) is 0 Å². The predicted octanol–water partition coefficient (Wildman–Crippen LogP) is 3.74. The van der Waals surface area contributed by atoms with Gasteiger partial charge >= 0.3 is 0 Å². The fraction of sp³-hybridized carbons (Fsp3) is 0.133. The van der Waals surface area contributed by atoms with Gasteiger partial charge in [0.15, 0.2) is 0 Å². The molecule has 2 aromatic heterocycles. The number of aromatic amines is 1. The van der Waals surface area contributed by atoms with Gasteiger partial charge in [-0.05, 0) is 23.8 Å². The number of halogens is 2. The van der Waals surface area contributed by atoms with Crippen LogP contribution in [0, 0.1) is 0 Å². The van der Waals surface area contributed by atoms with Crippen LogP contribution in [-0.2, 0) is 13.1 Å². The Labute approximate surface area is 132 Å². The number of nitrogens with one attached hydrogen (secondary N) is 2. The van der Waals surface area contributed by atoms with Crippen LogP contribution in [-0.4, -0.2) is 9.97 Å². The molecule has 0 aliphatic rings. The summed E-state index contributed by atoms with van der Waals surface area (Å²) < 4.78 is 0. The van der Waals surface area contributed by atoms with Gasteiger partial charge in [0.25, 0.3) is 0 Å². The highest BCUT2D eigenvalue weighted by Crippen LogP contribution is 2.35. The van der Waals surface area contributed by atoms with E-state index < -0.39 is 0 Å². The molecule has 0 atom stereocenters. The lowest BCUT2D eigenvalue weighted by atomic mass is 10.1. The average Bonchev–Trinajstić information content (AvgIpc) is 2.88. The van der Waals surface area contributed by atoms with Gasteiger partial charge in [-0.15, -0.1) is 0 Å². The van der Waals surface area contributed by atoms with E-state index in [0.29, 0.717) is 28.8 Å². The molecule has 108 valence electrons. The maximum atomic E-state index is 6.28. The molecule has 0 saturated carbocycles. The summed E-state index contributed by atoms with van der Waals surface area (Å²) in [4.78, 5) is 7.32. The molecule has 0 radical (unpaired) electrons. The summed E-state index contributed by atoms with van der Waals surface area (Å²) >= 11 is 12.4. The number of H-pyrrole nitrogens is 1. The molecule has 0 spiro atoms. The zero-order chi connectivity index (χ0) is 14.8. The zero-order valence-corrected chi connectivity index (χ0v) is 12.7. The van der Waals surface area contributed by atoms with Crippen molar-refractivity contribution in [1.82, 2.24) is 15.3 Å². The van der Waals surface area contributed by atoms with Crippen LogP contribution in [0.2, 0.25) is 10.0 Å².